The Bertz CT molecular complexity index is 2230. The van der Waals surface area contributed by atoms with Crippen molar-refractivity contribution in [3.8, 4) is 23.7 Å². The van der Waals surface area contributed by atoms with Gasteiger partial charge in [-0.3, -0.25) is 4.79 Å². The number of hydrogen-bond acceptors (Lipinski definition) is 1. The van der Waals surface area contributed by atoms with Crippen LogP contribution in [0.4, 0.5) is 0 Å². The SMILES string of the molecule is CCCCCCCCCCC#Cc1ccc(C2=C(c3ccc(CCCCCCCCCCCC)cc3)C(=O)C(c3ccc(CCCCCCCCCCCC)cc3)=C2c2ccc(C#CCCCCCCCCCC)cc2)cc1. The maximum atomic E-state index is 15.6. The van der Waals surface area contributed by atoms with Crippen LogP contribution in [-0.2, 0) is 17.6 Å². The van der Waals surface area contributed by atoms with Crippen molar-refractivity contribution >= 4 is 28.1 Å². The van der Waals surface area contributed by atoms with Gasteiger partial charge in [0.05, 0.1) is 0 Å². The van der Waals surface area contributed by atoms with E-state index in [9.17, 15) is 0 Å². The summed E-state index contributed by atoms with van der Waals surface area (Å²) < 4.78 is 0. The molecule has 1 heteroatoms. The van der Waals surface area contributed by atoms with E-state index in [-0.39, 0.29) is 5.78 Å². The average Bonchev–Trinajstić information content (AvgIpc) is 3.77. The van der Waals surface area contributed by atoms with Crippen molar-refractivity contribution in [2.45, 2.75) is 285 Å². The molecule has 0 heterocycles. The first-order chi connectivity index (χ1) is 38.6. The van der Waals surface area contributed by atoms with Gasteiger partial charge < -0.3 is 0 Å². The Morgan fingerprint density at radius 2 is 0.487 bits per heavy atom. The van der Waals surface area contributed by atoms with Gasteiger partial charge in [0.15, 0.2) is 5.78 Å². The second-order valence-electron chi connectivity index (χ2n) is 23.3. The van der Waals surface area contributed by atoms with Crippen molar-refractivity contribution in [2.24, 2.45) is 0 Å². The van der Waals surface area contributed by atoms with Crippen LogP contribution in [0.3, 0.4) is 0 Å². The van der Waals surface area contributed by atoms with Crippen LogP contribution in [-0.4, -0.2) is 5.78 Å². The maximum Gasteiger partial charge on any atom is 0.195 e. The number of benzene rings is 4. The zero-order valence-electron chi connectivity index (χ0n) is 50.4. The third-order valence-electron chi connectivity index (χ3n) is 16.5. The summed E-state index contributed by atoms with van der Waals surface area (Å²) in [6.45, 7) is 9.16. The highest BCUT2D eigenvalue weighted by molar-refractivity contribution is 6.59. The van der Waals surface area contributed by atoms with Crippen LogP contribution in [0.15, 0.2) is 97.1 Å². The first-order valence-corrected chi connectivity index (χ1v) is 33.0. The van der Waals surface area contributed by atoms with Gasteiger partial charge in [-0.1, -0.05) is 330 Å². The van der Waals surface area contributed by atoms with E-state index in [1.165, 1.54) is 229 Å². The van der Waals surface area contributed by atoms with Crippen molar-refractivity contribution < 1.29 is 4.79 Å². The van der Waals surface area contributed by atoms with Crippen molar-refractivity contribution in [1.82, 2.24) is 0 Å². The molecule has 0 unspecified atom stereocenters. The molecule has 422 valence electrons. The van der Waals surface area contributed by atoms with Crippen molar-refractivity contribution in [2.75, 3.05) is 0 Å². The van der Waals surface area contributed by atoms with Gasteiger partial charge in [0.25, 0.3) is 0 Å². The van der Waals surface area contributed by atoms with E-state index in [0.717, 1.165) is 94.2 Å². The summed E-state index contributed by atoms with van der Waals surface area (Å²) in [5, 5.41) is 0. The number of hydrogen-bond donors (Lipinski definition) is 0. The van der Waals surface area contributed by atoms with Crippen LogP contribution in [0.2, 0.25) is 0 Å². The van der Waals surface area contributed by atoms with Crippen molar-refractivity contribution in [1.29, 1.82) is 0 Å². The van der Waals surface area contributed by atoms with Gasteiger partial charge in [-0.2, -0.15) is 0 Å². The monoisotopic (exact) mass is 1050 g/mol. The Labute approximate surface area is 480 Å². The first kappa shape index (κ1) is 64.0. The van der Waals surface area contributed by atoms with E-state index in [2.05, 4.69) is 148 Å². The molecule has 0 spiro atoms. The summed E-state index contributed by atoms with van der Waals surface area (Å²) in [7, 11) is 0. The van der Waals surface area contributed by atoms with Crippen LogP contribution >= 0.6 is 0 Å². The Morgan fingerprint density at radius 1 is 0.256 bits per heavy atom. The molecule has 0 saturated carbocycles. The molecule has 1 aliphatic carbocycles. The normalized spacial score (nSPS) is 12.3. The minimum absolute atomic E-state index is 0.105. The van der Waals surface area contributed by atoms with E-state index in [1.54, 1.807) is 0 Å². The first-order valence-electron chi connectivity index (χ1n) is 33.0. The van der Waals surface area contributed by atoms with Crippen LogP contribution < -0.4 is 0 Å². The Kier molecular flexibility index (Phi) is 33.8. The number of ketones is 1. The van der Waals surface area contributed by atoms with Crippen LogP contribution in [0, 0.1) is 23.7 Å². The largest absolute Gasteiger partial charge is 0.289 e. The maximum absolute atomic E-state index is 15.6. The number of rotatable bonds is 42. The Hall–Kier alpha value is -4.85. The third-order valence-corrected chi connectivity index (χ3v) is 16.5. The molecule has 0 aromatic heterocycles. The minimum Gasteiger partial charge on any atom is -0.289 e. The molecular weight excluding hydrogens is 941 g/mol. The number of carbonyl (C=O) groups is 1. The molecule has 1 nitrogen and oxygen atoms in total. The highest BCUT2D eigenvalue weighted by atomic mass is 16.1. The molecule has 0 amide bonds. The summed E-state index contributed by atoms with van der Waals surface area (Å²) in [5.74, 6) is 14.1. The lowest BCUT2D eigenvalue weighted by atomic mass is 9.88. The summed E-state index contributed by atoms with van der Waals surface area (Å²) >= 11 is 0. The fourth-order valence-corrected chi connectivity index (χ4v) is 11.5. The number of carbonyl (C=O) groups excluding carboxylic acids is 1. The lowest BCUT2D eigenvalue weighted by Crippen LogP contribution is -2.02. The van der Waals surface area contributed by atoms with Gasteiger partial charge in [0, 0.05) is 46.3 Å². The van der Waals surface area contributed by atoms with E-state index in [1.807, 2.05) is 0 Å². The summed E-state index contributed by atoms with van der Waals surface area (Å²) in [4.78, 5) is 15.6. The quantitative estimate of drug-likeness (QED) is 0.0319. The summed E-state index contributed by atoms with van der Waals surface area (Å²) in [6.07, 6.45) is 51.8. The molecule has 0 fully saturated rings. The van der Waals surface area contributed by atoms with Gasteiger partial charge in [0.2, 0.25) is 0 Å². The molecule has 0 radical (unpaired) electrons. The topological polar surface area (TPSA) is 17.1 Å². The van der Waals surface area contributed by atoms with Crippen LogP contribution in [0.25, 0.3) is 22.3 Å². The summed E-state index contributed by atoms with van der Waals surface area (Å²) in [5.41, 5.74) is 12.5. The molecule has 0 aliphatic heterocycles. The molecule has 5 rings (SSSR count). The lowest BCUT2D eigenvalue weighted by molar-refractivity contribution is -0.108. The molecule has 0 bridgehead atoms. The molecular formula is C77H108O. The second-order valence-corrected chi connectivity index (χ2v) is 23.3. The smallest absolute Gasteiger partial charge is 0.195 e. The predicted molar refractivity (Wildman–Crippen MR) is 344 cm³/mol. The Balaban J connectivity index is 1.40. The highest BCUT2D eigenvalue weighted by Crippen LogP contribution is 2.50. The number of aryl methyl sites for hydroxylation is 2. The number of unbranched alkanes of at least 4 members (excludes halogenated alkanes) is 34. The van der Waals surface area contributed by atoms with E-state index in [0.29, 0.717) is 0 Å². The standard InChI is InChI=1S/C77H108O/c1-5-9-13-17-21-25-29-33-37-41-45-65-49-57-69(58-50-65)73-74(70-59-51-66(52-60-70)46-42-38-34-30-26-22-18-14-10-6-2)76(72-63-55-68(56-64-72)48-44-40-36-32-28-24-20-16-12-8-4)77(78)75(73)71-61-53-67(54-62-71)47-43-39-35-31-27-23-19-15-11-7-3/h49-64H,5-40,43-44,47-48H2,1-4H3. The fraction of sp³-hybridized carbons (Fsp3) is 0.571. The van der Waals surface area contributed by atoms with E-state index >= 15 is 4.79 Å². The highest BCUT2D eigenvalue weighted by Gasteiger charge is 2.35. The molecule has 1 aliphatic rings. The predicted octanol–water partition coefficient (Wildman–Crippen LogP) is 23.5. The molecule has 78 heavy (non-hydrogen) atoms. The second kappa shape index (κ2) is 41.2. The van der Waals surface area contributed by atoms with Crippen LogP contribution in [0.5, 0.6) is 0 Å². The molecule has 0 saturated heterocycles. The lowest BCUT2D eigenvalue weighted by Gasteiger charge is -2.14. The average molecular weight is 1050 g/mol. The van der Waals surface area contributed by atoms with Gasteiger partial charge >= 0.3 is 0 Å². The molecule has 4 aromatic carbocycles. The number of Topliss-reactive ketones (excluding diaryl/α,β-unsaturated/α-hetero) is 1. The van der Waals surface area contributed by atoms with E-state index < -0.39 is 0 Å². The number of allylic oxidation sites excluding steroid dienone is 4. The van der Waals surface area contributed by atoms with Gasteiger partial charge in [-0.25, -0.2) is 0 Å². The van der Waals surface area contributed by atoms with Crippen molar-refractivity contribution in [3.05, 3.63) is 142 Å². The van der Waals surface area contributed by atoms with Crippen molar-refractivity contribution in [3.63, 3.8) is 0 Å². The van der Waals surface area contributed by atoms with Gasteiger partial charge in [-0.15, -0.1) is 0 Å². The zero-order chi connectivity index (χ0) is 54.9. The van der Waals surface area contributed by atoms with Crippen LogP contribution in [0.1, 0.15) is 316 Å². The van der Waals surface area contributed by atoms with Gasteiger partial charge in [-0.05, 0) is 96.2 Å². The molecule has 0 N–H and O–H groups in total. The molecule has 4 aromatic rings. The van der Waals surface area contributed by atoms with Gasteiger partial charge in [0.1, 0.15) is 0 Å². The zero-order valence-corrected chi connectivity index (χ0v) is 50.4. The Morgan fingerprint density at radius 3 is 0.769 bits per heavy atom. The third kappa shape index (κ3) is 24.7. The fourth-order valence-electron chi connectivity index (χ4n) is 11.5. The van der Waals surface area contributed by atoms with E-state index in [4.69, 9.17) is 0 Å². The summed E-state index contributed by atoms with van der Waals surface area (Å²) in [6, 6.07) is 35.6. The minimum atomic E-state index is 0.105. The molecule has 0 atom stereocenters.